The Balaban J connectivity index is 3.25. The highest BCUT2D eigenvalue weighted by molar-refractivity contribution is 7.84. The van der Waals surface area contributed by atoms with Crippen molar-refractivity contribution in [1.29, 1.82) is 0 Å². The molecule has 0 aliphatic heterocycles. The normalized spacial score (nSPS) is 17.9. The summed E-state index contributed by atoms with van der Waals surface area (Å²) >= 11 is 0. The monoisotopic (exact) mass is 138 g/mol. The SMILES string of the molecule is CCS(=O)CC(C)F. The van der Waals surface area contributed by atoms with Gasteiger partial charge in [0.25, 0.3) is 0 Å². The lowest BCUT2D eigenvalue weighted by Crippen LogP contribution is -2.08. The molecule has 0 aromatic carbocycles. The fourth-order valence-electron chi connectivity index (χ4n) is 0.374. The highest BCUT2D eigenvalue weighted by Crippen LogP contribution is 1.91. The summed E-state index contributed by atoms with van der Waals surface area (Å²) < 4.78 is 22.4. The predicted octanol–water partition coefficient (Wildman–Crippen LogP) is 1.11. The molecule has 1 nitrogen and oxygen atoms in total. The Morgan fingerprint density at radius 2 is 2.25 bits per heavy atom. The van der Waals surface area contributed by atoms with Crippen molar-refractivity contribution in [3.63, 3.8) is 0 Å². The molecule has 0 N–H and O–H groups in total. The van der Waals surface area contributed by atoms with E-state index in [4.69, 9.17) is 0 Å². The van der Waals surface area contributed by atoms with E-state index in [1.807, 2.05) is 0 Å². The van der Waals surface area contributed by atoms with Crippen LogP contribution < -0.4 is 0 Å². The van der Waals surface area contributed by atoms with E-state index in [1.165, 1.54) is 6.92 Å². The molecule has 0 radical (unpaired) electrons. The number of hydrogen-bond acceptors (Lipinski definition) is 1. The van der Waals surface area contributed by atoms with Crippen molar-refractivity contribution in [2.45, 2.75) is 20.0 Å². The Kier molecular flexibility index (Phi) is 4.05. The average molecular weight is 138 g/mol. The molecule has 0 spiro atoms. The quantitative estimate of drug-likeness (QED) is 0.571. The Labute approximate surface area is 51.7 Å². The van der Waals surface area contributed by atoms with Gasteiger partial charge in [-0.25, -0.2) is 4.39 Å². The zero-order valence-corrected chi connectivity index (χ0v) is 6.00. The van der Waals surface area contributed by atoms with Gasteiger partial charge in [-0.1, -0.05) is 6.92 Å². The molecule has 0 fully saturated rings. The van der Waals surface area contributed by atoms with Gasteiger partial charge in [-0.3, -0.25) is 4.21 Å². The molecule has 0 aliphatic carbocycles. The lowest BCUT2D eigenvalue weighted by Gasteiger charge is -1.96. The van der Waals surface area contributed by atoms with Crippen LogP contribution in [0.5, 0.6) is 0 Å². The fraction of sp³-hybridized carbons (Fsp3) is 1.00. The summed E-state index contributed by atoms with van der Waals surface area (Å²) in [4.78, 5) is 0. The van der Waals surface area contributed by atoms with Crippen molar-refractivity contribution in [2.75, 3.05) is 11.5 Å². The first kappa shape index (κ1) is 8.08. The van der Waals surface area contributed by atoms with Crippen LogP contribution in [0.1, 0.15) is 13.8 Å². The minimum Gasteiger partial charge on any atom is -0.259 e. The van der Waals surface area contributed by atoms with E-state index in [0.29, 0.717) is 5.75 Å². The molecule has 0 aromatic heterocycles. The van der Waals surface area contributed by atoms with E-state index in [-0.39, 0.29) is 5.75 Å². The predicted molar refractivity (Wildman–Crippen MR) is 34.1 cm³/mol. The Morgan fingerprint density at radius 3 is 2.38 bits per heavy atom. The van der Waals surface area contributed by atoms with Crippen molar-refractivity contribution in [2.24, 2.45) is 0 Å². The lowest BCUT2D eigenvalue weighted by atomic mass is 10.5. The molecule has 0 bridgehead atoms. The summed E-state index contributed by atoms with van der Waals surface area (Å²) in [5.41, 5.74) is 0. The van der Waals surface area contributed by atoms with E-state index in [2.05, 4.69) is 0 Å². The van der Waals surface area contributed by atoms with Crippen molar-refractivity contribution >= 4 is 10.8 Å². The van der Waals surface area contributed by atoms with Gasteiger partial charge in [0.15, 0.2) is 0 Å². The van der Waals surface area contributed by atoms with Crippen LogP contribution in [0.2, 0.25) is 0 Å². The zero-order valence-electron chi connectivity index (χ0n) is 5.19. The third-order valence-corrected chi connectivity index (χ3v) is 2.21. The fourth-order valence-corrected chi connectivity index (χ4v) is 1.12. The van der Waals surface area contributed by atoms with Crippen molar-refractivity contribution in [3.8, 4) is 0 Å². The summed E-state index contributed by atoms with van der Waals surface area (Å²) in [5.74, 6) is 0.755. The topological polar surface area (TPSA) is 17.1 Å². The first-order valence-corrected chi connectivity index (χ1v) is 4.14. The van der Waals surface area contributed by atoms with Gasteiger partial charge in [0.05, 0.1) is 5.75 Å². The molecule has 2 unspecified atom stereocenters. The summed E-state index contributed by atoms with van der Waals surface area (Å²) in [6.45, 7) is 3.21. The minimum atomic E-state index is -0.932. The van der Waals surface area contributed by atoms with Crippen LogP contribution >= 0.6 is 0 Å². The Hall–Kier alpha value is 0.0800. The van der Waals surface area contributed by atoms with Gasteiger partial charge in [0, 0.05) is 16.6 Å². The van der Waals surface area contributed by atoms with Gasteiger partial charge in [-0.15, -0.1) is 0 Å². The highest BCUT2D eigenvalue weighted by atomic mass is 32.2. The number of hydrogen-bond donors (Lipinski definition) is 0. The van der Waals surface area contributed by atoms with Crippen LogP contribution in [0.25, 0.3) is 0 Å². The first-order valence-electron chi connectivity index (χ1n) is 2.65. The van der Waals surface area contributed by atoms with Crippen molar-refractivity contribution < 1.29 is 8.60 Å². The Bertz CT molecular complexity index is 82.5. The Morgan fingerprint density at radius 1 is 1.75 bits per heavy atom. The van der Waals surface area contributed by atoms with Crippen molar-refractivity contribution in [1.82, 2.24) is 0 Å². The van der Waals surface area contributed by atoms with E-state index in [9.17, 15) is 8.60 Å². The van der Waals surface area contributed by atoms with Gasteiger partial charge in [-0.2, -0.15) is 0 Å². The van der Waals surface area contributed by atoms with Crippen LogP contribution in [-0.4, -0.2) is 21.9 Å². The van der Waals surface area contributed by atoms with Gasteiger partial charge in [-0.05, 0) is 6.92 Å². The molecule has 0 aliphatic rings. The highest BCUT2D eigenvalue weighted by Gasteiger charge is 2.01. The molecule has 50 valence electrons. The van der Waals surface area contributed by atoms with Crippen LogP contribution in [0.3, 0.4) is 0 Å². The van der Waals surface area contributed by atoms with E-state index in [1.54, 1.807) is 6.92 Å². The summed E-state index contributed by atoms with van der Waals surface area (Å²) in [7, 11) is -0.932. The molecule has 8 heavy (non-hydrogen) atoms. The smallest absolute Gasteiger partial charge is 0.109 e. The number of alkyl halides is 1. The average Bonchev–Trinajstić information content (AvgIpc) is 1.65. The molecule has 3 heteroatoms. The number of halogens is 1. The summed E-state index contributed by atoms with van der Waals surface area (Å²) in [5, 5.41) is 0. The van der Waals surface area contributed by atoms with Crippen LogP contribution in [0.4, 0.5) is 4.39 Å². The maximum Gasteiger partial charge on any atom is 0.109 e. The van der Waals surface area contributed by atoms with Crippen LogP contribution in [0, 0.1) is 0 Å². The van der Waals surface area contributed by atoms with Crippen LogP contribution in [-0.2, 0) is 10.8 Å². The second-order valence-electron chi connectivity index (χ2n) is 1.68. The van der Waals surface area contributed by atoms with Gasteiger partial charge in [0.1, 0.15) is 6.17 Å². The van der Waals surface area contributed by atoms with Gasteiger partial charge in [0.2, 0.25) is 0 Å². The molecule has 0 saturated heterocycles. The lowest BCUT2D eigenvalue weighted by molar-refractivity contribution is 0.395. The summed E-state index contributed by atoms with van der Waals surface area (Å²) in [6, 6.07) is 0. The van der Waals surface area contributed by atoms with Crippen molar-refractivity contribution in [3.05, 3.63) is 0 Å². The molecule has 0 amide bonds. The largest absolute Gasteiger partial charge is 0.259 e. The van der Waals surface area contributed by atoms with Crippen LogP contribution in [0.15, 0.2) is 0 Å². The van der Waals surface area contributed by atoms with Gasteiger partial charge < -0.3 is 0 Å². The standard InChI is InChI=1S/C5H11FOS/c1-3-8(7)4-5(2)6/h5H,3-4H2,1-2H3. The van der Waals surface area contributed by atoms with E-state index >= 15 is 0 Å². The first-order chi connectivity index (χ1) is 3.66. The van der Waals surface area contributed by atoms with E-state index < -0.39 is 17.0 Å². The third-order valence-electron chi connectivity index (χ3n) is 0.738. The zero-order chi connectivity index (χ0) is 6.57. The molecule has 2 atom stereocenters. The summed E-state index contributed by atoms with van der Waals surface area (Å²) in [6.07, 6.45) is -0.921. The molecule has 0 rings (SSSR count). The molecule has 0 heterocycles. The molecule has 0 aromatic rings. The van der Waals surface area contributed by atoms with E-state index in [0.717, 1.165) is 0 Å². The molecular formula is C5H11FOS. The maximum atomic E-state index is 11.9. The minimum absolute atomic E-state index is 0.191. The second kappa shape index (κ2) is 4.01. The molecular weight excluding hydrogens is 127 g/mol. The number of rotatable bonds is 3. The molecule has 0 saturated carbocycles. The van der Waals surface area contributed by atoms with Gasteiger partial charge >= 0.3 is 0 Å². The maximum absolute atomic E-state index is 11.9. The second-order valence-corrected chi connectivity index (χ2v) is 3.47. The third kappa shape index (κ3) is 4.24.